The quantitative estimate of drug-likeness (QED) is 0.883. The van der Waals surface area contributed by atoms with Crippen molar-refractivity contribution in [2.24, 2.45) is 5.41 Å². The molecule has 0 aromatic carbocycles. The van der Waals surface area contributed by atoms with E-state index in [4.69, 9.17) is 9.47 Å². The Morgan fingerprint density at radius 2 is 2.21 bits per heavy atom. The molecule has 5 nitrogen and oxygen atoms in total. The highest BCUT2D eigenvalue weighted by molar-refractivity contribution is 7.11. The number of ether oxygens (including phenoxy) is 2. The third kappa shape index (κ3) is 4.17. The summed E-state index contributed by atoms with van der Waals surface area (Å²) in [5.41, 5.74) is 0.184. The molecule has 3 rings (SSSR count). The lowest BCUT2D eigenvalue weighted by Crippen LogP contribution is -2.57. The highest BCUT2D eigenvalue weighted by Crippen LogP contribution is 2.41. The van der Waals surface area contributed by atoms with Gasteiger partial charge < -0.3 is 14.8 Å². The number of hydrogen-bond donors (Lipinski definition) is 1. The van der Waals surface area contributed by atoms with E-state index in [9.17, 15) is 4.79 Å². The Bertz CT molecular complexity index is 552. The number of piperidine rings is 1. The van der Waals surface area contributed by atoms with Crippen LogP contribution in [0.25, 0.3) is 0 Å². The summed E-state index contributed by atoms with van der Waals surface area (Å²) in [5.74, 6) is -0.0381. The van der Waals surface area contributed by atoms with Crippen LogP contribution in [0.5, 0.6) is 0 Å². The number of carbonyl (C=O) groups excluding carboxylic acids is 1. The van der Waals surface area contributed by atoms with Crippen LogP contribution in [0.4, 0.5) is 0 Å². The van der Waals surface area contributed by atoms with Crippen molar-refractivity contribution in [1.29, 1.82) is 0 Å². The van der Waals surface area contributed by atoms with Crippen molar-refractivity contribution in [2.75, 3.05) is 40.0 Å². The fraction of sp³-hybridized carbons (Fsp3) is 0.722. The van der Waals surface area contributed by atoms with Gasteiger partial charge >= 0.3 is 0 Å². The second kappa shape index (κ2) is 7.95. The average Bonchev–Trinajstić information content (AvgIpc) is 2.97. The number of methoxy groups -OCH3 is 1. The molecule has 2 fully saturated rings. The number of aryl methyl sites for hydroxylation is 1. The number of nitrogens with one attached hydrogen (secondary N) is 1. The maximum Gasteiger partial charge on any atom is 0.246 e. The van der Waals surface area contributed by atoms with Crippen LogP contribution in [0.2, 0.25) is 0 Å². The van der Waals surface area contributed by atoms with Gasteiger partial charge in [0, 0.05) is 30.0 Å². The Balaban J connectivity index is 1.58. The van der Waals surface area contributed by atoms with Crippen LogP contribution in [0, 0.1) is 12.3 Å². The van der Waals surface area contributed by atoms with E-state index in [0.29, 0.717) is 6.61 Å². The third-order valence-electron chi connectivity index (χ3n) is 5.41. The van der Waals surface area contributed by atoms with Gasteiger partial charge in [0.05, 0.1) is 12.6 Å². The number of amides is 1. The highest BCUT2D eigenvalue weighted by atomic mass is 32.1. The topological polar surface area (TPSA) is 50.8 Å². The molecule has 1 amide bonds. The highest BCUT2D eigenvalue weighted by Gasteiger charge is 2.44. The molecule has 3 heterocycles. The van der Waals surface area contributed by atoms with Crippen molar-refractivity contribution in [3.8, 4) is 0 Å². The molecule has 1 N–H and O–H groups in total. The van der Waals surface area contributed by atoms with Gasteiger partial charge in [0.1, 0.15) is 6.61 Å². The van der Waals surface area contributed by atoms with E-state index in [0.717, 1.165) is 45.5 Å². The van der Waals surface area contributed by atoms with E-state index in [1.807, 2.05) is 11.3 Å². The van der Waals surface area contributed by atoms with Gasteiger partial charge in [0.2, 0.25) is 5.91 Å². The van der Waals surface area contributed by atoms with E-state index in [1.54, 1.807) is 7.11 Å². The van der Waals surface area contributed by atoms with Crippen LogP contribution in [0.1, 0.15) is 29.0 Å². The Kier molecular flexibility index (Phi) is 5.92. The zero-order valence-corrected chi connectivity index (χ0v) is 15.5. The molecule has 6 heteroatoms. The van der Waals surface area contributed by atoms with Gasteiger partial charge in [0.15, 0.2) is 0 Å². The molecule has 24 heavy (non-hydrogen) atoms. The molecule has 1 spiro atoms. The normalized spacial score (nSPS) is 24.2. The maximum atomic E-state index is 11.9. The van der Waals surface area contributed by atoms with E-state index in [1.165, 1.54) is 9.75 Å². The fourth-order valence-corrected chi connectivity index (χ4v) is 4.87. The second-order valence-corrected chi connectivity index (χ2v) is 8.40. The molecule has 1 aromatic heterocycles. The van der Waals surface area contributed by atoms with Crippen LogP contribution in [-0.2, 0) is 20.8 Å². The molecule has 0 saturated carbocycles. The first-order chi connectivity index (χ1) is 11.6. The van der Waals surface area contributed by atoms with Gasteiger partial charge in [-0.05, 0) is 56.8 Å². The van der Waals surface area contributed by atoms with Crippen molar-refractivity contribution in [3.63, 3.8) is 0 Å². The van der Waals surface area contributed by atoms with E-state index >= 15 is 0 Å². The minimum atomic E-state index is -0.0381. The molecular weight excluding hydrogens is 324 g/mol. The number of rotatable bonds is 5. The second-order valence-electron chi connectivity index (χ2n) is 7.03. The lowest BCUT2D eigenvalue weighted by molar-refractivity contribution is -0.130. The molecule has 0 bridgehead atoms. The molecule has 1 atom stereocenters. The minimum Gasteiger partial charge on any atom is -0.379 e. The SMILES string of the molecule is COCC(=O)N[C@@H]1COCCC12CCN(Cc1ccc(C)s1)CC2. The Morgan fingerprint density at radius 1 is 1.42 bits per heavy atom. The number of carbonyl (C=O) groups is 1. The molecule has 2 aliphatic rings. The third-order valence-corrected chi connectivity index (χ3v) is 6.39. The summed E-state index contributed by atoms with van der Waals surface area (Å²) in [6, 6.07) is 4.55. The summed E-state index contributed by atoms with van der Waals surface area (Å²) in [7, 11) is 1.55. The van der Waals surface area contributed by atoms with Gasteiger partial charge in [-0.2, -0.15) is 0 Å². The maximum absolute atomic E-state index is 11.9. The number of thiophene rings is 1. The summed E-state index contributed by atoms with van der Waals surface area (Å²) in [6.45, 7) is 6.94. The van der Waals surface area contributed by atoms with Gasteiger partial charge in [-0.3, -0.25) is 9.69 Å². The molecule has 2 saturated heterocycles. The predicted molar refractivity (Wildman–Crippen MR) is 95.2 cm³/mol. The van der Waals surface area contributed by atoms with Crippen molar-refractivity contribution in [3.05, 3.63) is 21.9 Å². The Morgan fingerprint density at radius 3 is 2.88 bits per heavy atom. The largest absolute Gasteiger partial charge is 0.379 e. The molecular formula is C18H28N2O3S. The zero-order chi connectivity index (χ0) is 17.0. The average molecular weight is 353 g/mol. The van der Waals surface area contributed by atoms with Crippen LogP contribution in [0.15, 0.2) is 12.1 Å². The Hall–Kier alpha value is -0.950. The zero-order valence-electron chi connectivity index (χ0n) is 14.7. The fourth-order valence-electron chi connectivity index (χ4n) is 3.93. The smallest absolute Gasteiger partial charge is 0.246 e. The van der Waals surface area contributed by atoms with Crippen molar-refractivity contribution >= 4 is 17.2 Å². The molecule has 0 unspecified atom stereocenters. The summed E-state index contributed by atoms with van der Waals surface area (Å²) in [6.07, 6.45) is 3.29. The van der Waals surface area contributed by atoms with Gasteiger partial charge in [-0.1, -0.05) is 0 Å². The van der Waals surface area contributed by atoms with Crippen molar-refractivity contribution in [2.45, 2.75) is 38.8 Å². The van der Waals surface area contributed by atoms with Gasteiger partial charge in [-0.15, -0.1) is 11.3 Å². The number of nitrogens with zero attached hydrogens (tertiary/aromatic N) is 1. The lowest BCUT2D eigenvalue weighted by Gasteiger charge is -2.49. The summed E-state index contributed by atoms with van der Waals surface area (Å²) >= 11 is 1.89. The minimum absolute atomic E-state index is 0.0381. The van der Waals surface area contributed by atoms with E-state index in [2.05, 4.69) is 29.3 Å². The van der Waals surface area contributed by atoms with Gasteiger partial charge in [0.25, 0.3) is 0 Å². The Labute approximate surface area is 148 Å². The van der Waals surface area contributed by atoms with Crippen molar-refractivity contribution < 1.29 is 14.3 Å². The summed E-state index contributed by atoms with van der Waals surface area (Å²) in [5, 5.41) is 3.14. The first-order valence-corrected chi connectivity index (χ1v) is 9.57. The summed E-state index contributed by atoms with van der Waals surface area (Å²) in [4.78, 5) is 17.3. The predicted octanol–water partition coefficient (Wildman–Crippen LogP) is 2.19. The van der Waals surface area contributed by atoms with Crippen LogP contribution < -0.4 is 5.32 Å². The molecule has 2 aliphatic heterocycles. The van der Waals surface area contributed by atoms with Crippen LogP contribution >= 0.6 is 11.3 Å². The van der Waals surface area contributed by atoms with E-state index < -0.39 is 0 Å². The van der Waals surface area contributed by atoms with Crippen LogP contribution in [0.3, 0.4) is 0 Å². The molecule has 1 aromatic rings. The van der Waals surface area contributed by atoms with Crippen molar-refractivity contribution in [1.82, 2.24) is 10.2 Å². The van der Waals surface area contributed by atoms with E-state index in [-0.39, 0.29) is 24.0 Å². The first-order valence-electron chi connectivity index (χ1n) is 8.75. The lowest BCUT2D eigenvalue weighted by atomic mass is 9.69. The number of hydrogen-bond acceptors (Lipinski definition) is 5. The summed E-state index contributed by atoms with van der Waals surface area (Å²) < 4.78 is 10.6. The monoisotopic (exact) mass is 352 g/mol. The molecule has 134 valence electrons. The van der Waals surface area contributed by atoms with Crippen LogP contribution in [-0.4, -0.2) is 56.9 Å². The standard InChI is InChI=1S/C18H28N2O3S/c1-14-3-4-15(24-14)11-20-8-5-18(6-9-20)7-10-23-12-16(18)19-17(21)13-22-2/h3-4,16H,5-13H2,1-2H3,(H,19,21)/t16-/m1/s1. The molecule has 0 aliphatic carbocycles. The molecule has 0 radical (unpaired) electrons. The van der Waals surface area contributed by atoms with Gasteiger partial charge in [-0.25, -0.2) is 0 Å². The number of likely N-dealkylation sites (tertiary alicyclic amines) is 1. The first kappa shape index (κ1) is 17.9.